The van der Waals surface area contributed by atoms with Crippen LogP contribution in [-0.2, 0) is 48.2 Å². The SMILES string of the molecule is CCCCCCCCCCOc1ccc(C(=O)Oc2ccc(CSP3(=O)OC[C@H]4O[C@@H](n5ccc(=O)[nH]c5=O)[C@H](F)[C@@H]4OP(=O)(SCc4ccc(OC(=O)c5ccc(OC)cc5)cc4)OC[C@H]4O[C@@H](n5cnc6c(N)ncnc65)[C@H](F)[C@@H]4O3)cc2)cc1. The number of aromatic amines is 1. The zero-order chi connectivity index (χ0) is 61.1. The first-order chi connectivity index (χ1) is 42.1. The Bertz CT molecular complexity index is 3700. The molecule has 29 heteroatoms. The van der Waals surface area contributed by atoms with Crippen molar-refractivity contribution in [1.82, 2.24) is 29.1 Å². The van der Waals surface area contributed by atoms with Crippen molar-refractivity contribution in [2.45, 2.75) is 119 Å². The molecule has 10 rings (SSSR count). The second kappa shape index (κ2) is 29.0. The lowest BCUT2D eigenvalue weighted by Crippen LogP contribution is -2.37. The van der Waals surface area contributed by atoms with Crippen LogP contribution < -0.4 is 35.9 Å². The van der Waals surface area contributed by atoms with E-state index in [-0.39, 0.29) is 45.5 Å². The predicted molar refractivity (Wildman–Crippen MR) is 318 cm³/mol. The summed E-state index contributed by atoms with van der Waals surface area (Å²) in [6.45, 7) is -8.24. The van der Waals surface area contributed by atoms with E-state index in [1.807, 2.05) is 4.98 Å². The third-order valence-corrected chi connectivity index (χ3v) is 21.7. The molecule has 7 aromatic rings. The number of esters is 2. The first-order valence-corrected chi connectivity index (χ1v) is 34.3. The Morgan fingerprint density at radius 2 is 1.15 bits per heavy atom. The molecule has 462 valence electrons. The van der Waals surface area contributed by atoms with Crippen molar-refractivity contribution in [3.8, 4) is 23.0 Å². The Labute approximate surface area is 505 Å². The van der Waals surface area contributed by atoms with Crippen LogP contribution in [0.5, 0.6) is 23.0 Å². The first kappa shape index (κ1) is 63.3. The van der Waals surface area contributed by atoms with Crippen LogP contribution in [0.1, 0.15) is 103 Å². The topological polar surface area (TPSA) is 285 Å². The van der Waals surface area contributed by atoms with Crippen molar-refractivity contribution in [3.63, 3.8) is 0 Å². The van der Waals surface area contributed by atoms with Crippen molar-refractivity contribution < 1.29 is 74.0 Å². The van der Waals surface area contributed by atoms with Crippen molar-refractivity contribution in [1.29, 1.82) is 0 Å². The lowest BCUT2D eigenvalue weighted by Gasteiger charge is -2.30. The molecule has 0 bridgehead atoms. The number of nitrogens with zero attached hydrogens (tertiary/aromatic N) is 5. The second-order valence-corrected chi connectivity index (χ2v) is 28.5. The van der Waals surface area contributed by atoms with Crippen molar-refractivity contribution in [2.75, 3.05) is 32.7 Å². The number of halogens is 2. The molecule has 6 heterocycles. The second-order valence-electron chi connectivity index (χ2n) is 20.4. The molecule has 4 aromatic carbocycles. The van der Waals surface area contributed by atoms with Gasteiger partial charge < -0.3 is 34.2 Å². The molecule has 3 aliphatic heterocycles. The predicted octanol–water partition coefficient (Wildman–Crippen LogP) is 11.3. The van der Waals surface area contributed by atoms with Gasteiger partial charge in [0.25, 0.3) is 5.56 Å². The van der Waals surface area contributed by atoms with Gasteiger partial charge in [0.05, 0.1) is 44.4 Å². The molecule has 0 radical (unpaired) electrons. The smallest absolute Gasteiger partial charge is 0.389 e. The van der Waals surface area contributed by atoms with E-state index in [0.717, 1.165) is 36.0 Å². The monoisotopic (exact) mass is 1280 g/mol. The minimum absolute atomic E-state index is 0.00972. The number of methoxy groups -OCH3 is 1. The van der Waals surface area contributed by atoms with Crippen molar-refractivity contribution >= 4 is 65.3 Å². The number of nitrogens with two attached hydrogens (primary N) is 1. The lowest BCUT2D eigenvalue weighted by atomic mass is 10.1. The van der Waals surface area contributed by atoms with E-state index in [0.29, 0.717) is 57.6 Å². The number of H-pyrrole nitrogens is 1. The first-order valence-electron chi connectivity index (χ1n) is 28.1. The molecule has 0 amide bonds. The van der Waals surface area contributed by atoms with Gasteiger partial charge in [-0.1, -0.05) is 76.1 Å². The highest BCUT2D eigenvalue weighted by Gasteiger charge is 2.55. The normalized spacial score (nSPS) is 24.7. The Hall–Kier alpha value is -6.77. The van der Waals surface area contributed by atoms with Crippen LogP contribution in [0.4, 0.5) is 14.6 Å². The van der Waals surface area contributed by atoms with Crippen LogP contribution in [-0.4, -0.2) is 105 Å². The summed E-state index contributed by atoms with van der Waals surface area (Å²) in [5, 5.41) is 0. The molecule has 3 fully saturated rings. The number of ether oxygens (including phenoxy) is 6. The van der Waals surface area contributed by atoms with E-state index in [4.69, 9.17) is 52.2 Å². The number of imidazole rings is 1. The standard InChI is InChI=1S/C58H63F2N7O16P2S2/c1-3-4-5-6-7-8-9-10-29-75-41-25-17-39(18-26-41)57(70)79-43-21-13-37(14-22-43)33-87-85(73)76-30-44-50(47(59)54(80-44)66-28-27-46(68)65-58(66)71)82-84(72,86-32-36-11-19-42(20-12-36)78-56(69)38-15-23-40(74-2)24-16-38)77-31-45-51(83-85)48(60)55(81-45)67-35-64-49-52(61)62-34-63-53(49)67/h11-28,34-35,44-45,47-48,50-51,54-55H,3-10,29-33H2,1-2H3,(H2,61,62,63)(H,65,68,71)/t44-,45-,47-,48-,50-,51-,54-,55-,84?,85?/m1/s1. The third kappa shape index (κ3) is 15.9. The summed E-state index contributed by atoms with van der Waals surface area (Å²) in [7, 11) is 1.50. The van der Waals surface area contributed by atoms with Gasteiger partial charge in [-0.25, -0.2) is 47.2 Å². The maximum Gasteiger partial charge on any atom is 0.389 e. The number of carbonyl (C=O) groups is 2. The van der Waals surface area contributed by atoms with Crippen molar-refractivity contribution in [3.05, 3.63) is 165 Å². The van der Waals surface area contributed by atoms with Gasteiger partial charge in [-0.05, 0) is 113 Å². The number of alkyl halides is 2. The molecule has 3 saturated heterocycles. The molecule has 2 unspecified atom stereocenters. The largest absolute Gasteiger partial charge is 0.497 e. The Morgan fingerprint density at radius 1 is 0.655 bits per heavy atom. The van der Waals surface area contributed by atoms with E-state index in [2.05, 4.69) is 21.9 Å². The number of fused-ring (bicyclic) bond motifs is 3. The summed E-state index contributed by atoms with van der Waals surface area (Å²) >= 11 is 1.24. The molecule has 0 aliphatic carbocycles. The summed E-state index contributed by atoms with van der Waals surface area (Å²) in [6, 6.07) is 26.4. The number of nitrogens with one attached hydrogen (secondary N) is 1. The highest BCUT2D eigenvalue weighted by Crippen LogP contribution is 2.67. The maximum absolute atomic E-state index is 17.4. The summed E-state index contributed by atoms with van der Waals surface area (Å²) in [6.07, 6.45) is -2.00. The highest BCUT2D eigenvalue weighted by atomic mass is 32.7. The fourth-order valence-electron chi connectivity index (χ4n) is 9.65. The zero-order valence-corrected chi connectivity index (χ0v) is 50.6. The number of nitrogen functional groups attached to an aromatic ring is 1. The van der Waals surface area contributed by atoms with Crippen LogP contribution in [0.3, 0.4) is 0 Å². The van der Waals surface area contributed by atoms with Crippen LogP contribution in [0.25, 0.3) is 11.2 Å². The molecule has 3 aliphatic rings. The summed E-state index contributed by atoms with van der Waals surface area (Å²) in [4.78, 5) is 65.7. The molecular weight excluding hydrogens is 1210 g/mol. The molecule has 3 N–H and O–H groups in total. The number of rotatable bonds is 23. The highest BCUT2D eigenvalue weighted by molar-refractivity contribution is 8.55. The summed E-state index contributed by atoms with van der Waals surface area (Å²) in [5.74, 6) is 0.0611. The quantitative estimate of drug-likeness (QED) is 0.0260. The van der Waals surface area contributed by atoms with Gasteiger partial charge in [-0.3, -0.25) is 37.0 Å². The number of carbonyl (C=O) groups excluding carboxylic acids is 2. The fraction of sp³-hybridized carbons (Fsp3) is 0.397. The average Bonchev–Trinajstić information content (AvgIpc) is 1.77. The molecular formula is C58H63F2N7O16P2S2. The van der Waals surface area contributed by atoms with E-state index in [9.17, 15) is 19.2 Å². The number of hydrogen-bond acceptors (Lipinski definition) is 22. The number of anilines is 1. The summed E-state index contributed by atoms with van der Waals surface area (Å²) < 4.78 is 126. The molecule has 23 nitrogen and oxygen atoms in total. The minimum atomic E-state index is -4.70. The van der Waals surface area contributed by atoms with Crippen LogP contribution >= 0.6 is 36.4 Å². The number of benzene rings is 4. The van der Waals surface area contributed by atoms with Gasteiger partial charge >= 0.3 is 31.2 Å². The van der Waals surface area contributed by atoms with Crippen molar-refractivity contribution in [2.24, 2.45) is 0 Å². The molecule has 0 spiro atoms. The zero-order valence-electron chi connectivity index (χ0n) is 47.2. The Morgan fingerprint density at radius 3 is 1.67 bits per heavy atom. The van der Waals surface area contributed by atoms with Gasteiger partial charge in [0, 0.05) is 23.8 Å². The van der Waals surface area contributed by atoms with Gasteiger partial charge in [-0.15, -0.1) is 0 Å². The van der Waals surface area contributed by atoms with E-state index in [1.54, 1.807) is 72.8 Å². The molecule has 10 atom stereocenters. The minimum Gasteiger partial charge on any atom is -0.497 e. The average molecular weight is 1280 g/mol. The van der Waals surface area contributed by atoms with Gasteiger partial charge in [0.1, 0.15) is 59.3 Å². The Kier molecular flexibility index (Phi) is 21.1. The molecule has 3 aromatic heterocycles. The van der Waals surface area contributed by atoms with Gasteiger partial charge in [0.15, 0.2) is 36.3 Å². The molecule has 87 heavy (non-hydrogen) atoms. The van der Waals surface area contributed by atoms with E-state index >= 15 is 17.9 Å². The number of hydrogen-bond donors (Lipinski definition) is 2. The number of unbranched alkanes of at least 4 members (excludes halogenated alkanes) is 7. The molecule has 0 saturated carbocycles. The van der Waals surface area contributed by atoms with E-state index in [1.165, 1.54) is 80.8 Å². The third-order valence-electron chi connectivity index (χ3n) is 14.3. The lowest BCUT2D eigenvalue weighted by molar-refractivity contribution is -0.0559. The maximum atomic E-state index is 17.4. The Balaban J connectivity index is 0.864. The van der Waals surface area contributed by atoms with Crippen LogP contribution in [0, 0.1) is 0 Å². The fourth-order valence-corrected chi connectivity index (χ4v) is 16.4. The van der Waals surface area contributed by atoms with Crippen LogP contribution in [0.15, 0.2) is 132 Å². The van der Waals surface area contributed by atoms with Gasteiger partial charge in [-0.2, -0.15) is 0 Å². The van der Waals surface area contributed by atoms with Gasteiger partial charge in [0.2, 0.25) is 0 Å². The van der Waals surface area contributed by atoms with Crippen LogP contribution in [0.2, 0.25) is 0 Å². The van der Waals surface area contributed by atoms with E-state index < -0.39 is 99.2 Å². The number of aromatic nitrogens is 6. The summed E-state index contributed by atoms with van der Waals surface area (Å²) in [5.41, 5.74) is 6.02.